The molecule has 2 aromatic heterocycles. The molecule has 0 aromatic carbocycles. The van der Waals surface area contributed by atoms with E-state index in [4.69, 9.17) is 4.74 Å². The Bertz CT molecular complexity index is 763. The summed E-state index contributed by atoms with van der Waals surface area (Å²) in [4.78, 5) is 30.6. The molecule has 7 heteroatoms. The highest BCUT2D eigenvalue weighted by molar-refractivity contribution is 7.18. The molecule has 0 saturated heterocycles. The van der Waals surface area contributed by atoms with Crippen LogP contribution < -0.4 is 5.56 Å². The maximum Gasteiger partial charge on any atom is 0.326 e. The fraction of sp³-hybridized carbons (Fsp3) is 0.533. The number of fused-ring (bicyclic) bond motifs is 1. The molecule has 6 nitrogen and oxygen atoms in total. The van der Waals surface area contributed by atoms with Crippen molar-refractivity contribution in [3.63, 3.8) is 0 Å². The summed E-state index contributed by atoms with van der Waals surface area (Å²) in [5.74, 6) is -0.552. The largest absolute Gasteiger partial charge is 0.480 e. The number of nitrogens with zero attached hydrogens (tertiary/aromatic N) is 2. The molecule has 0 aliphatic heterocycles. The molecule has 0 fully saturated rings. The third-order valence-corrected chi connectivity index (χ3v) is 4.92. The highest BCUT2D eigenvalue weighted by Gasteiger charge is 2.25. The summed E-state index contributed by atoms with van der Waals surface area (Å²) >= 11 is 1.46. The molecule has 0 aliphatic rings. The highest BCUT2D eigenvalue weighted by atomic mass is 32.1. The average Bonchev–Trinajstić information content (AvgIpc) is 2.75. The third-order valence-electron chi connectivity index (χ3n) is 3.82. The normalized spacial score (nSPS) is 12.7. The molecule has 2 rings (SSSR count). The Morgan fingerprint density at radius 1 is 1.45 bits per heavy atom. The summed E-state index contributed by atoms with van der Waals surface area (Å²) in [6.07, 6.45) is 0.728. The number of aromatic nitrogens is 2. The Morgan fingerprint density at radius 2 is 2.14 bits per heavy atom. The van der Waals surface area contributed by atoms with Crippen molar-refractivity contribution >= 4 is 27.5 Å². The van der Waals surface area contributed by atoms with E-state index in [0.717, 1.165) is 10.4 Å². The Morgan fingerprint density at radius 3 is 2.68 bits per heavy atom. The number of methoxy groups -OCH3 is 1. The van der Waals surface area contributed by atoms with Crippen molar-refractivity contribution in [1.82, 2.24) is 9.55 Å². The summed E-state index contributed by atoms with van der Waals surface area (Å²) in [5.41, 5.74) is 0.608. The van der Waals surface area contributed by atoms with Crippen LogP contribution in [0, 0.1) is 13.8 Å². The van der Waals surface area contributed by atoms with Gasteiger partial charge in [-0.05, 0) is 25.8 Å². The maximum atomic E-state index is 12.9. The second kappa shape index (κ2) is 6.58. The minimum absolute atomic E-state index is 0.271. The van der Waals surface area contributed by atoms with Crippen molar-refractivity contribution in [2.24, 2.45) is 0 Å². The van der Waals surface area contributed by atoms with E-state index in [1.807, 2.05) is 13.8 Å². The number of hydrogen-bond donors (Lipinski definition) is 1. The van der Waals surface area contributed by atoms with E-state index in [9.17, 15) is 14.7 Å². The van der Waals surface area contributed by atoms with Gasteiger partial charge in [0.05, 0.1) is 12.0 Å². The Kier molecular flexibility index (Phi) is 4.97. The van der Waals surface area contributed by atoms with Gasteiger partial charge in [0.15, 0.2) is 0 Å². The fourth-order valence-electron chi connectivity index (χ4n) is 2.51. The lowest BCUT2D eigenvalue weighted by atomic mass is 10.1. The third kappa shape index (κ3) is 2.78. The van der Waals surface area contributed by atoms with Crippen LogP contribution in [0.15, 0.2) is 4.79 Å². The minimum atomic E-state index is -1.02. The average molecular weight is 324 g/mol. The molecular weight excluding hydrogens is 304 g/mol. The molecule has 0 saturated carbocycles. The van der Waals surface area contributed by atoms with Crippen molar-refractivity contribution in [2.45, 2.75) is 39.7 Å². The van der Waals surface area contributed by atoms with E-state index in [0.29, 0.717) is 35.5 Å². The van der Waals surface area contributed by atoms with Gasteiger partial charge in [-0.2, -0.15) is 0 Å². The molecule has 22 heavy (non-hydrogen) atoms. The van der Waals surface area contributed by atoms with Crippen LogP contribution >= 0.6 is 11.3 Å². The van der Waals surface area contributed by atoms with Crippen molar-refractivity contribution in [3.8, 4) is 0 Å². The SMILES string of the molecule is CCC(C(=O)O)n1c(CCOC)nc2sc(C)c(C)c2c1=O. The monoisotopic (exact) mass is 324 g/mol. The summed E-state index contributed by atoms with van der Waals surface area (Å²) in [6, 6.07) is -0.907. The number of ether oxygens (including phenoxy) is 1. The number of aliphatic carboxylic acids is 1. The van der Waals surface area contributed by atoms with Gasteiger partial charge in [-0.15, -0.1) is 11.3 Å². The quantitative estimate of drug-likeness (QED) is 0.882. The van der Waals surface area contributed by atoms with Crippen molar-refractivity contribution < 1.29 is 14.6 Å². The first-order valence-electron chi connectivity index (χ1n) is 7.15. The Hall–Kier alpha value is -1.73. The van der Waals surface area contributed by atoms with Crippen molar-refractivity contribution in [2.75, 3.05) is 13.7 Å². The lowest BCUT2D eigenvalue weighted by Crippen LogP contribution is -2.33. The number of aryl methyl sites for hydroxylation is 2. The second-order valence-corrected chi connectivity index (χ2v) is 6.37. The predicted molar refractivity (Wildman–Crippen MR) is 85.9 cm³/mol. The fourth-order valence-corrected chi connectivity index (χ4v) is 3.55. The first kappa shape index (κ1) is 16.6. The summed E-state index contributed by atoms with van der Waals surface area (Å²) in [6.45, 7) is 5.95. The Labute approximate surface area is 132 Å². The van der Waals surface area contributed by atoms with E-state index in [-0.39, 0.29) is 5.56 Å². The van der Waals surface area contributed by atoms with E-state index < -0.39 is 12.0 Å². The lowest BCUT2D eigenvalue weighted by Gasteiger charge is -2.18. The molecule has 1 N–H and O–H groups in total. The van der Waals surface area contributed by atoms with E-state index in [1.165, 1.54) is 15.9 Å². The van der Waals surface area contributed by atoms with Crippen molar-refractivity contribution in [1.29, 1.82) is 0 Å². The van der Waals surface area contributed by atoms with E-state index in [2.05, 4.69) is 4.98 Å². The van der Waals surface area contributed by atoms with Gasteiger partial charge >= 0.3 is 5.97 Å². The van der Waals surface area contributed by atoms with Crippen LogP contribution in [0.4, 0.5) is 0 Å². The van der Waals surface area contributed by atoms with Crippen molar-refractivity contribution in [3.05, 3.63) is 26.6 Å². The molecule has 0 spiro atoms. The Balaban J connectivity index is 2.78. The van der Waals surface area contributed by atoms with Crippen LogP contribution in [0.2, 0.25) is 0 Å². The number of hydrogen-bond acceptors (Lipinski definition) is 5. The number of carbonyl (C=O) groups is 1. The zero-order valence-corrected chi connectivity index (χ0v) is 14.0. The standard InChI is InChI=1S/C15H20N2O4S/c1-5-10(15(19)20)17-11(6-7-21-4)16-13-12(14(17)18)8(2)9(3)22-13/h10H,5-7H2,1-4H3,(H,19,20). The molecule has 0 aliphatic carbocycles. The van der Waals surface area contributed by atoms with Gasteiger partial charge in [0, 0.05) is 18.4 Å². The zero-order valence-electron chi connectivity index (χ0n) is 13.2. The zero-order chi connectivity index (χ0) is 16.4. The van der Waals surface area contributed by atoms with Crippen LogP contribution in [0.3, 0.4) is 0 Å². The number of carboxylic acids is 1. The second-order valence-electron chi connectivity index (χ2n) is 5.17. The molecular formula is C15H20N2O4S. The van der Waals surface area contributed by atoms with Crippen LogP contribution in [-0.4, -0.2) is 34.3 Å². The molecule has 120 valence electrons. The van der Waals surface area contributed by atoms with E-state index >= 15 is 0 Å². The highest BCUT2D eigenvalue weighted by Crippen LogP contribution is 2.27. The first-order valence-corrected chi connectivity index (χ1v) is 7.96. The smallest absolute Gasteiger partial charge is 0.326 e. The molecule has 0 bridgehead atoms. The van der Waals surface area contributed by atoms with Gasteiger partial charge in [0.2, 0.25) is 0 Å². The summed E-state index contributed by atoms with van der Waals surface area (Å²) in [7, 11) is 1.56. The van der Waals surface area contributed by atoms with Crippen LogP contribution in [0.25, 0.3) is 10.2 Å². The van der Waals surface area contributed by atoms with Gasteiger partial charge in [-0.25, -0.2) is 9.78 Å². The van der Waals surface area contributed by atoms with Gasteiger partial charge in [0.25, 0.3) is 5.56 Å². The topological polar surface area (TPSA) is 81.4 Å². The molecule has 0 amide bonds. The van der Waals surface area contributed by atoms with Gasteiger partial charge in [0.1, 0.15) is 16.7 Å². The van der Waals surface area contributed by atoms with Crippen LogP contribution in [-0.2, 0) is 16.0 Å². The summed E-state index contributed by atoms with van der Waals surface area (Å²) < 4.78 is 6.38. The molecule has 1 atom stereocenters. The van der Waals surface area contributed by atoms with E-state index in [1.54, 1.807) is 14.0 Å². The predicted octanol–water partition coefficient (Wildman–Crippen LogP) is 2.30. The lowest BCUT2D eigenvalue weighted by molar-refractivity contribution is -0.141. The first-order chi connectivity index (χ1) is 10.4. The number of thiophene rings is 1. The summed E-state index contributed by atoms with van der Waals surface area (Å²) in [5, 5.41) is 9.96. The van der Waals surface area contributed by atoms with Gasteiger partial charge < -0.3 is 9.84 Å². The van der Waals surface area contributed by atoms with Gasteiger partial charge in [-0.3, -0.25) is 9.36 Å². The molecule has 0 radical (unpaired) electrons. The van der Waals surface area contributed by atoms with Crippen LogP contribution in [0.1, 0.15) is 35.7 Å². The molecule has 1 unspecified atom stereocenters. The maximum absolute atomic E-state index is 12.9. The number of rotatable bonds is 6. The molecule has 2 aromatic rings. The van der Waals surface area contributed by atoms with Gasteiger partial charge in [-0.1, -0.05) is 6.92 Å². The van der Waals surface area contributed by atoms with Crippen LogP contribution in [0.5, 0.6) is 0 Å². The molecule has 2 heterocycles. The number of carboxylic acid groups (broad SMARTS) is 1. The minimum Gasteiger partial charge on any atom is -0.480 e.